The molecule has 0 saturated heterocycles. The first-order chi connectivity index (χ1) is 5.11. The van der Waals surface area contributed by atoms with Crippen LogP contribution in [0.15, 0.2) is 0 Å². The molecule has 1 saturated carbocycles. The largest absolute Gasteiger partial charge is 0.550 e. The first kappa shape index (κ1) is 9.52. The summed E-state index contributed by atoms with van der Waals surface area (Å²) >= 11 is 6.89. The number of hydrogen-bond donors (Lipinski definition) is 0. The minimum absolute atomic E-state index is 0.256. The summed E-state index contributed by atoms with van der Waals surface area (Å²) in [7, 11) is 0. The van der Waals surface area contributed by atoms with Crippen LogP contribution in [-0.2, 0) is 4.79 Å². The molecule has 0 unspecified atom stereocenters. The van der Waals surface area contributed by atoms with Crippen molar-refractivity contribution in [3.63, 3.8) is 0 Å². The third kappa shape index (κ3) is 2.44. The Morgan fingerprint density at radius 2 is 1.91 bits per heavy atom. The van der Waals surface area contributed by atoms with Gasteiger partial charge in [0.05, 0.1) is 0 Å². The molecule has 0 aromatic rings. The van der Waals surface area contributed by atoms with E-state index in [9.17, 15) is 9.90 Å². The zero-order valence-electron chi connectivity index (χ0n) is 5.93. The maximum absolute atomic E-state index is 10.5. The summed E-state index contributed by atoms with van der Waals surface area (Å²) in [5.41, 5.74) is 0. The average molecular weight is 285 g/mol. The van der Waals surface area contributed by atoms with E-state index in [0.717, 1.165) is 12.8 Å². The predicted molar refractivity (Wildman–Crippen MR) is 47.8 cm³/mol. The molecule has 0 radical (unpaired) electrons. The fourth-order valence-electron chi connectivity index (χ4n) is 1.29. The van der Waals surface area contributed by atoms with E-state index in [2.05, 4.69) is 31.9 Å². The van der Waals surface area contributed by atoms with E-state index in [1.54, 1.807) is 0 Å². The second-order valence-electron chi connectivity index (χ2n) is 2.86. The van der Waals surface area contributed by atoms with Gasteiger partial charge in [-0.25, -0.2) is 0 Å². The summed E-state index contributed by atoms with van der Waals surface area (Å²) in [6.45, 7) is 0. The molecule has 0 heterocycles. The Labute approximate surface area is 82.6 Å². The van der Waals surface area contributed by atoms with Crippen LogP contribution in [0.25, 0.3) is 0 Å². The third-order valence-corrected chi connectivity index (χ3v) is 4.84. The maximum atomic E-state index is 10.5. The number of hydrogen-bond acceptors (Lipinski definition) is 2. The zero-order valence-corrected chi connectivity index (χ0v) is 9.10. The molecule has 0 bridgehead atoms. The number of carbonyl (C=O) groups excluding carboxylic acids is 1. The van der Waals surface area contributed by atoms with E-state index in [-0.39, 0.29) is 10.7 Å². The lowest BCUT2D eigenvalue weighted by atomic mass is 9.89. The third-order valence-electron chi connectivity index (χ3n) is 2.03. The van der Waals surface area contributed by atoms with Crippen molar-refractivity contribution in [2.45, 2.75) is 28.9 Å². The molecule has 11 heavy (non-hydrogen) atoms. The van der Waals surface area contributed by atoms with Crippen molar-refractivity contribution in [2.75, 3.05) is 0 Å². The van der Waals surface area contributed by atoms with Gasteiger partial charge in [0.1, 0.15) is 0 Å². The minimum atomic E-state index is -0.908. The van der Waals surface area contributed by atoms with Crippen LogP contribution >= 0.6 is 31.9 Å². The van der Waals surface area contributed by atoms with Crippen LogP contribution in [0.5, 0.6) is 0 Å². The number of halogens is 2. The first-order valence-corrected chi connectivity index (χ1v) is 5.43. The molecule has 0 spiro atoms. The first-order valence-electron chi connectivity index (χ1n) is 3.60. The summed E-state index contributed by atoms with van der Waals surface area (Å²) in [4.78, 5) is 11.2. The highest BCUT2D eigenvalue weighted by Crippen LogP contribution is 2.33. The molecular formula is C7H9Br2O2-. The second-order valence-corrected chi connectivity index (χ2v) is 5.21. The number of aliphatic carboxylic acids is 1. The molecule has 0 aliphatic heterocycles. The average Bonchev–Trinajstić information content (AvgIpc) is 1.94. The van der Waals surface area contributed by atoms with Gasteiger partial charge in [-0.1, -0.05) is 31.9 Å². The van der Waals surface area contributed by atoms with Gasteiger partial charge in [-0.2, -0.15) is 0 Å². The highest BCUT2D eigenvalue weighted by molar-refractivity contribution is 9.12. The smallest absolute Gasteiger partial charge is 0.0445 e. The Balaban J connectivity index is 2.46. The number of alkyl halides is 2. The fraction of sp³-hybridized carbons (Fsp3) is 0.857. The van der Waals surface area contributed by atoms with Crippen molar-refractivity contribution < 1.29 is 9.90 Å². The normalized spacial score (nSPS) is 38.5. The van der Waals surface area contributed by atoms with E-state index < -0.39 is 5.97 Å². The van der Waals surface area contributed by atoms with Crippen LogP contribution < -0.4 is 5.11 Å². The molecule has 4 heteroatoms. The molecule has 2 nitrogen and oxygen atoms in total. The van der Waals surface area contributed by atoms with Crippen LogP contribution in [0, 0.1) is 5.92 Å². The van der Waals surface area contributed by atoms with E-state index in [0.29, 0.717) is 11.2 Å². The van der Waals surface area contributed by atoms with Crippen molar-refractivity contribution >= 4 is 37.8 Å². The number of rotatable bonds is 1. The van der Waals surface area contributed by atoms with Gasteiger partial charge >= 0.3 is 0 Å². The molecule has 0 aromatic heterocycles. The molecule has 3 atom stereocenters. The van der Waals surface area contributed by atoms with E-state index in [1.165, 1.54) is 0 Å². The van der Waals surface area contributed by atoms with Crippen molar-refractivity contribution in [2.24, 2.45) is 5.92 Å². The lowest BCUT2D eigenvalue weighted by Gasteiger charge is -2.30. The molecule has 1 rings (SSSR count). The van der Waals surface area contributed by atoms with Crippen LogP contribution in [0.3, 0.4) is 0 Å². The Kier molecular flexibility index (Phi) is 3.37. The van der Waals surface area contributed by atoms with Crippen LogP contribution in [0.2, 0.25) is 0 Å². The number of carbonyl (C=O) groups is 1. The zero-order chi connectivity index (χ0) is 8.43. The van der Waals surface area contributed by atoms with Gasteiger partial charge in [0.15, 0.2) is 0 Å². The fourth-order valence-corrected chi connectivity index (χ4v) is 2.49. The van der Waals surface area contributed by atoms with Crippen molar-refractivity contribution in [1.82, 2.24) is 0 Å². The Bertz CT molecular complexity index is 161. The Hall–Kier alpha value is 0.430. The lowest BCUT2D eigenvalue weighted by Crippen LogP contribution is -2.37. The molecule has 1 fully saturated rings. The second kappa shape index (κ2) is 3.90. The lowest BCUT2D eigenvalue weighted by molar-refractivity contribution is -0.312. The van der Waals surface area contributed by atoms with Crippen molar-refractivity contribution in [3.05, 3.63) is 0 Å². The van der Waals surface area contributed by atoms with Gasteiger partial charge in [-0.15, -0.1) is 0 Å². The topological polar surface area (TPSA) is 40.1 Å². The SMILES string of the molecule is O=C([O-])[C@@H]1CC[C@@H](Br)[C@H](Br)C1. The van der Waals surface area contributed by atoms with Crippen LogP contribution in [0.1, 0.15) is 19.3 Å². The molecule has 64 valence electrons. The Morgan fingerprint density at radius 3 is 2.36 bits per heavy atom. The van der Waals surface area contributed by atoms with E-state index in [4.69, 9.17) is 0 Å². The molecule has 0 aromatic carbocycles. The predicted octanol–water partition coefficient (Wildman–Crippen LogP) is 1.06. The number of carboxylic acids is 1. The Morgan fingerprint density at radius 1 is 1.27 bits per heavy atom. The van der Waals surface area contributed by atoms with Crippen molar-refractivity contribution in [3.8, 4) is 0 Å². The summed E-state index contributed by atoms with van der Waals surface area (Å²) in [5.74, 6) is -1.16. The highest BCUT2D eigenvalue weighted by atomic mass is 79.9. The summed E-state index contributed by atoms with van der Waals surface area (Å²) in [6.07, 6.45) is 2.33. The minimum Gasteiger partial charge on any atom is -0.550 e. The summed E-state index contributed by atoms with van der Waals surface area (Å²) < 4.78 is 0. The van der Waals surface area contributed by atoms with Gasteiger partial charge in [0, 0.05) is 15.6 Å². The van der Waals surface area contributed by atoms with E-state index in [1.807, 2.05) is 0 Å². The molecule has 1 aliphatic rings. The molecule has 1 aliphatic carbocycles. The van der Waals surface area contributed by atoms with Gasteiger partial charge in [-0.05, 0) is 25.2 Å². The van der Waals surface area contributed by atoms with Crippen LogP contribution in [0.4, 0.5) is 0 Å². The highest BCUT2D eigenvalue weighted by Gasteiger charge is 2.27. The van der Waals surface area contributed by atoms with E-state index >= 15 is 0 Å². The van der Waals surface area contributed by atoms with Gasteiger partial charge in [0.2, 0.25) is 0 Å². The molecule has 0 N–H and O–H groups in total. The molecular weight excluding hydrogens is 276 g/mol. The molecule has 0 amide bonds. The van der Waals surface area contributed by atoms with Gasteiger partial charge in [-0.3, -0.25) is 0 Å². The van der Waals surface area contributed by atoms with Gasteiger partial charge in [0.25, 0.3) is 0 Å². The quantitative estimate of drug-likeness (QED) is 0.676. The van der Waals surface area contributed by atoms with Crippen LogP contribution in [-0.4, -0.2) is 15.6 Å². The number of carboxylic acid groups (broad SMARTS) is 1. The van der Waals surface area contributed by atoms with Crippen molar-refractivity contribution in [1.29, 1.82) is 0 Å². The summed E-state index contributed by atoms with van der Waals surface area (Å²) in [5, 5.41) is 10.5. The van der Waals surface area contributed by atoms with Gasteiger partial charge < -0.3 is 9.90 Å². The summed E-state index contributed by atoms with van der Waals surface area (Å²) in [6, 6.07) is 0. The standard InChI is InChI=1S/C7H10Br2O2/c8-5-2-1-4(7(10)11)3-6(5)9/h4-6H,1-3H2,(H,10,11)/p-1/t4-,5-,6-/m1/s1. The monoisotopic (exact) mass is 283 g/mol. The maximum Gasteiger partial charge on any atom is 0.0445 e.